The van der Waals surface area contributed by atoms with Crippen LogP contribution in [0.3, 0.4) is 0 Å². The number of piperidine rings is 1. The van der Waals surface area contributed by atoms with E-state index in [1.54, 1.807) is 22.4 Å². The van der Waals surface area contributed by atoms with Crippen molar-refractivity contribution in [2.45, 2.75) is 46.5 Å². The first-order valence-corrected chi connectivity index (χ1v) is 12.1. The fraction of sp³-hybridized carbons (Fsp3) is 0.500. The molecular weight excluding hydrogens is 424 g/mol. The molecule has 0 unspecified atom stereocenters. The number of rotatable bonds is 8. The lowest BCUT2D eigenvalue weighted by Gasteiger charge is -2.26. The number of carbonyl (C=O) groups is 3. The van der Waals surface area contributed by atoms with Gasteiger partial charge in [-0.05, 0) is 44.2 Å². The summed E-state index contributed by atoms with van der Waals surface area (Å²) in [4.78, 5) is 45.9. The van der Waals surface area contributed by atoms with Crippen molar-refractivity contribution in [2.24, 2.45) is 5.92 Å². The maximum absolute atomic E-state index is 12.9. The molecular formula is C24H32N4O3S. The third-order valence-corrected chi connectivity index (χ3v) is 6.15. The fourth-order valence-corrected chi connectivity index (χ4v) is 4.45. The van der Waals surface area contributed by atoms with Crippen LogP contribution in [0.2, 0.25) is 0 Å². The van der Waals surface area contributed by atoms with Gasteiger partial charge in [0.1, 0.15) is 6.54 Å². The van der Waals surface area contributed by atoms with Gasteiger partial charge in [-0.25, -0.2) is 4.98 Å². The lowest BCUT2D eigenvalue weighted by molar-refractivity contribution is -0.131. The van der Waals surface area contributed by atoms with Gasteiger partial charge in [0.25, 0.3) is 5.91 Å². The molecule has 0 atom stereocenters. The van der Waals surface area contributed by atoms with Gasteiger partial charge in [0.2, 0.25) is 11.8 Å². The minimum absolute atomic E-state index is 0.0491. The Kier molecular flexibility index (Phi) is 8.39. The first-order valence-electron chi connectivity index (χ1n) is 11.2. The van der Waals surface area contributed by atoms with Gasteiger partial charge in [-0.3, -0.25) is 14.4 Å². The Morgan fingerprint density at radius 2 is 1.81 bits per heavy atom. The van der Waals surface area contributed by atoms with Crippen LogP contribution in [-0.4, -0.2) is 58.7 Å². The van der Waals surface area contributed by atoms with Crippen LogP contribution < -0.4 is 5.32 Å². The van der Waals surface area contributed by atoms with Crippen molar-refractivity contribution in [1.82, 2.24) is 14.8 Å². The van der Waals surface area contributed by atoms with E-state index in [0.717, 1.165) is 31.5 Å². The molecule has 2 aromatic rings. The maximum Gasteiger partial charge on any atom is 0.254 e. The van der Waals surface area contributed by atoms with Crippen LogP contribution in [0.15, 0.2) is 29.6 Å². The Morgan fingerprint density at radius 1 is 1.12 bits per heavy atom. The van der Waals surface area contributed by atoms with Crippen LogP contribution in [-0.2, 0) is 16.0 Å². The molecule has 7 nitrogen and oxygen atoms in total. The van der Waals surface area contributed by atoms with E-state index in [0.29, 0.717) is 22.9 Å². The zero-order valence-electron chi connectivity index (χ0n) is 19.1. The Labute approximate surface area is 193 Å². The van der Waals surface area contributed by atoms with Crippen LogP contribution in [0.1, 0.15) is 54.7 Å². The third-order valence-electron chi connectivity index (χ3n) is 5.34. The number of likely N-dealkylation sites (tertiary alicyclic amines) is 1. The quantitative estimate of drug-likeness (QED) is 0.656. The van der Waals surface area contributed by atoms with Crippen molar-refractivity contribution in [2.75, 3.05) is 31.5 Å². The van der Waals surface area contributed by atoms with E-state index < -0.39 is 0 Å². The number of thiazole rings is 1. The summed E-state index contributed by atoms with van der Waals surface area (Å²) in [6, 6.07) is 7.36. The normalized spacial score (nSPS) is 13.8. The lowest BCUT2D eigenvalue weighted by Crippen LogP contribution is -2.40. The van der Waals surface area contributed by atoms with Gasteiger partial charge in [-0.1, -0.05) is 31.5 Å². The predicted molar refractivity (Wildman–Crippen MR) is 127 cm³/mol. The molecule has 2 heterocycles. The average molecular weight is 457 g/mol. The number of benzene rings is 1. The van der Waals surface area contributed by atoms with Crippen LogP contribution >= 0.6 is 11.3 Å². The zero-order valence-corrected chi connectivity index (χ0v) is 19.9. The Balaban J connectivity index is 1.58. The van der Waals surface area contributed by atoms with Crippen LogP contribution in [0.4, 0.5) is 5.13 Å². The highest BCUT2D eigenvalue weighted by Crippen LogP contribution is 2.18. The Morgan fingerprint density at radius 3 is 2.47 bits per heavy atom. The molecule has 1 aromatic carbocycles. The van der Waals surface area contributed by atoms with Gasteiger partial charge < -0.3 is 15.1 Å². The second-order valence-electron chi connectivity index (χ2n) is 8.76. The number of amides is 3. The Bertz CT molecular complexity index is 933. The second-order valence-corrected chi connectivity index (χ2v) is 9.61. The maximum atomic E-state index is 12.9. The number of hydrogen-bond acceptors (Lipinski definition) is 5. The van der Waals surface area contributed by atoms with E-state index in [2.05, 4.69) is 10.3 Å². The summed E-state index contributed by atoms with van der Waals surface area (Å²) in [6.07, 6.45) is 3.53. The van der Waals surface area contributed by atoms with Crippen molar-refractivity contribution in [3.8, 4) is 0 Å². The van der Waals surface area contributed by atoms with Crippen molar-refractivity contribution < 1.29 is 14.4 Å². The molecule has 172 valence electrons. The number of anilines is 1. The van der Waals surface area contributed by atoms with E-state index in [1.807, 2.05) is 37.8 Å². The first kappa shape index (κ1) is 23.9. The summed E-state index contributed by atoms with van der Waals surface area (Å²) >= 11 is 1.30. The number of nitrogens with one attached hydrogen (secondary N) is 1. The smallest absolute Gasteiger partial charge is 0.254 e. The molecule has 1 aliphatic rings. The summed E-state index contributed by atoms with van der Waals surface area (Å²) < 4.78 is 0. The monoisotopic (exact) mass is 456 g/mol. The topological polar surface area (TPSA) is 82.6 Å². The predicted octanol–water partition coefficient (Wildman–Crippen LogP) is 3.74. The largest absolute Gasteiger partial charge is 0.342 e. The van der Waals surface area contributed by atoms with Gasteiger partial charge in [-0.2, -0.15) is 0 Å². The molecule has 0 radical (unpaired) electrons. The van der Waals surface area contributed by atoms with Crippen LogP contribution in [0.5, 0.6) is 0 Å². The molecule has 1 aromatic heterocycles. The van der Waals surface area contributed by atoms with Gasteiger partial charge in [0.15, 0.2) is 5.13 Å². The van der Waals surface area contributed by atoms with Crippen molar-refractivity contribution in [1.29, 1.82) is 0 Å². The van der Waals surface area contributed by atoms with Crippen LogP contribution in [0.25, 0.3) is 0 Å². The van der Waals surface area contributed by atoms with Gasteiger partial charge in [0, 0.05) is 30.6 Å². The summed E-state index contributed by atoms with van der Waals surface area (Å²) in [5.74, 6) is -0.153. The molecule has 1 N–H and O–H groups in total. The van der Waals surface area contributed by atoms with E-state index in [4.69, 9.17) is 0 Å². The molecule has 32 heavy (non-hydrogen) atoms. The number of carbonyl (C=O) groups excluding carboxylic acids is 3. The first-order chi connectivity index (χ1) is 15.3. The molecule has 1 saturated heterocycles. The van der Waals surface area contributed by atoms with E-state index in [9.17, 15) is 14.4 Å². The Hall–Kier alpha value is -2.74. The molecule has 1 fully saturated rings. The van der Waals surface area contributed by atoms with Crippen LogP contribution in [0, 0.1) is 12.8 Å². The molecule has 0 spiro atoms. The van der Waals surface area contributed by atoms with E-state index in [1.165, 1.54) is 17.8 Å². The SMILES string of the molecule is Cc1ccc(C(=O)N(CC(=O)Nc2nc(CC(=O)N3CCCCC3)cs2)CC(C)C)cc1. The summed E-state index contributed by atoms with van der Waals surface area (Å²) in [6.45, 7) is 8.05. The molecule has 3 amide bonds. The van der Waals surface area contributed by atoms with Gasteiger partial charge in [-0.15, -0.1) is 11.3 Å². The molecule has 0 bridgehead atoms. The average Bonchev–Trinajstić information content (AvgIpc) is 3.20. The van der Waals surface area contributed by atoms with E-state index >= 15 is 0 Å². The van der Waals surface area contributed by atoms with Crippen molar-refractivity contribution in [3.63, 3.8) is 0 Å². The lowest BCUT2D eigenvalue weighted by atomic mass is 10.1. The highest BCUT2D eigenvalue weighted by molar-refractivity contribution is 7.13. The molecule has 0 saturated carbocycles. The second kappa shape index (κ2) is 11.2. The summed E-state index contributed by atoms with van der Waals surface area (Å²) in [5, 5.41) is 5.04. The highest BCUT2D eigenvalue weighted by Gasteiger charge is 2.21. The summed E-state index contributed by atoms with van der Waals surface area (Å²) in [5.41, 5.74) is 2.31. The third kappa shape index (κ3) is 6.88. The van der Waals surface area contributed by atoms with E-state index in [-0.39, 0.29) is 36.6 Å². The molecule has 0 aliphatic carbocycles. The standard InChI is InChI=1S/C24H32N4O3S/c1-17(2)14-28(23(31)19-9-7-18(3)8-10-19)15-21(29)26-24-25-20(16-32-24)13-22(30)27-11-5-4-6-12-27/h7-10,16-17H,4-6,11-15H2,1-3H3,(H,25,26,29). The molecule has 8 heteroatoms. The fourth-order valence-electron chi connectivity index (χ4n) is 3.73. The van der Waals surface area contributed by atoms with Gasteiger partial charge in [0.05, 0.1) is 12.1 Å². The number of nitrogens with zero attached hydrogens (tertiary/aromatic N) is 3. The minimum atomic E-state index is -0.297. The number of aryl methyl sites for hydroxylation is 1. The number of hydrogen-bond donors (Lipinski definition) is 1. The number of aromatic nitrogens is 1. The zero-order chi connectivity index (χ0) is 23.1. The molecule has 3 rings (SSSR count). The molecule has 1 aliphatic heterocycles. The van der Waals surface area contributed by atoms with Crippen molar-refractivity contribution in [3.05, 3.63) is 46.5 Å². The van der Waals surface area contributed by atoms with Crippen molar-refractivity contribution >= 4 is 34.2 Å². The van der Waals surface area contributed by atoms with Gasteiger partial charge >= 0.3 is 0 Å². The summed E-state index contributed by atoms with van der Waals surface area (Å²) in [7, 11) is 0. The highest BCUT2D eigenvalue weighted by atomic mass is 32.1. The minimum Gasteiger partial charge on any atom is -0.342 e.